The molecular formula is C15H30O. The van der Waals surface area contributed by atoms with Crippen molar-refractivity contribution in [1.29, 1.82) is 0 Å². The van der Waals surface area contributed by atoms with E-state index in [2.05, 4.69) is 27.7 Å². The van der Waals surface area contributed by atoms with Crippen molar-refractivity contribution in [2.45, 2.75) is 78.2 Å². The van der Waals surface area contributed by atoms with E-state index in [9.17, 15) is 5.11 Å². The Morgan fingerprint density at radius 3 is 2.12 bits per heavy atom. The number of aliphatic hydroxyl groups is 1. The van der Waals surface area contributed by atoms with Crippen LogP contribution in [-0.4, -0.2) is 10.7 Å². The van der Waals surface area contributed by atoms with Crippen LogP contribution < -0.4 is 0 Å². The lowest BCUT2D eigenvalue weighted by molar-refractivity contribution is -0.0865. The lowest BCUT2D eigenvalue weighted by atomic mass is 9.68. The van der Waals surface area contributed by atoms with Gasteiger partial charge in [-0.1, -0.05) is 53.4 Å². The highest BCUT2D eigenvalue weighted by Crippen LogP contribution is 2.41. The normalized spacial score (nSPS) is 24.4. The molecule has 0 spiro atoms. The highest BCUT2D eigenvalue weighted by molar-refractivity contribution is 4.91. The summed E-state index contributed by atoms with van der Waals surface area (Å²) in [6.07, 6.45) is 8.66. The molecule has 2 atom stereocenters. The molecule has 1 saturated carbocycles. The first-order chi connectivity index (χ1) is 7.50. The molecule has 1 rings (SSSR count). The van der Waals surface area contributed by atoms with Gasteiger partial charge in [-0.2, -0.15) is 0 Å². The second-order valence-corrected chi connectivity index (χ2v) is 6.20. The van der Waals surface area contributed by atoms with Crippen LogP contribution in [0.1, 0.15) is 72.6 Å². The molecule has 1 aliphatic rings. The maximum Gasteiger partial charge on any atom is 0.0701 e. The predicted octanol–water partition coefficient (Wildman–Crippen LogP) is 4.39. The molecule has 0 heterocycles. The van der Waals surface area contributed by atoms with Crippen LogP contribution in [0.15, 0.2) is 0 Å². The van der Waals surface area contributed by atoms with Crippen LogP contribution >= 0.6 is 0 Å². The monoisotopic (exact) mass is 226 g/mol. The summed E-state index contributed by atoms with van der Waals surface area (Å²) < 4.78 is 0. The molecule has 0 aromatic carbocycles. The van der Waals surface area contributed by atoms with E-state index in [0.717, 1.165) is 6.42 Å². The summed E-state index contributed by atoms with van der Waals surface area (Å²) in [5.74, 6) is 1.59. The second-order valence-electron chi connectivity index (χ2n) is 6.20. The summed E-state index contributed by atoms with van der Waals surface area (Å²) in [6.45, 7) is 8.89. The van der Waals surface area contributed by atoms with Crippen molar-refractivity contribution in [3.05, 3.63) is 0 Å². The molecule has 1 aliphatic carbocycles. The largest absolute Gasteiger partial charge is 0.389 e. The summed E-state index contributed by atoms with van der Waals surface area (Å²) in [4.78, 5) is 0. The van der Waals surface area contributed by atoms with E-state index < -0.39 is 5.60 Å². The molecule has 1 N–H and O–H groups in total. The molecule has 1 nitrogen and oxygen atoms in total. The highest BCUT2D eigenvalue weighted by atomic mass is 16.3. The predicted molar refractivity (Wildman–Crippen MR) is 70.4 cm³/mol. The van der Waals surface area contributed by atoms with Crippen molar-refractivity contribution >= 4 is 0 Å². The van der Waals surface area contributed by atoms with Crippen LogP contribution in [0.4, 0.5) is 0 Å². The molecule has 0 aromatic heterocycles. The van der Waals surface area contributed by atoms with Crippen molar-refractivity contribution in [3.8, 4) is 0 Å². The summed E-state index contributed by atoms with van der Waals surface area (Å²) in [7, 11) is 0. The molecule has 16 heavy (non-hydrogen) atoms. The van der Waals surface area contributed by atoms with Crippen molar-refractivity contribution in [1.82, 2.24) is 0 Å². The minimum atomic E-state index is -0.407. The first kappa shape index (κ1) is 14.0. The highest BCUT2D eigenvalue weighted by Gasteiger charge is 2.40. The lowest BCUT2D eigenvalue weighted by Gasteiger charge is -2.43. The van der Waals surface area contributed by atoms with E-state index in [0.29, 0.717) is 17.8 Å². The number of hydrogen-bond acceptors (Lipinski definition) is 1. The molecule has 2 unspecified atom stereocenters. The Hall–Kier alpha value is -0.0400. The summed E-state index contributed by atoms with van der Waals surface area (Å²) in [5.41, 5.74) is -0.407. The lowest BCUT2D eigenvalue weighted by Crippen LogP contribution is -2.45. The zero-order valence-electron chi connectivity index (χ0n) is 11.6. The van der Waals surface area contributed by atoms with Gasteiger partial charge < -0.3 is 5.11 Å². The first-order valence-corrected chi connectivity index (χ1v) is 7.23. The van der Waals surface area contributed by atoms with Crippen LogP contribution in [0.25, 0.3) is 0 Å². The minimum Gasteiger partial charge on any atom is -0.389 e. The molecule has 0 bridgehead atoms. The van der Waals surface area contributed by atoms with E-state index in [1.165, 1.54) is 38.5 Å². The molecule has 0 aliphatic heterocycles. The molecule has 0 aromatic rings. The van der Waals surface area contributed by atoms with Crippen LogP contribution in [0, 0.1) is 17.8 Å². The fraction of sp³-hybridized carbons (Fsp3) is 1.00. The molecular weight excluding hydrogens is 196 g/mol. The standard InChI is InChI=1S/C15H30O/c1-5-13(4)11-15(16,12(2)3)14-9-7-6-8-10-14/h12-14,16H,5-11H2,1-4H3. The molecule has 1 heteroatoms. The van der Waals surface area contributed by atoms with Crippen molar-refractivity contribution in [3.63, 3.8) is 0 Å². The zero-order valence-corrected chi connectivity index (χ0v) is 11.6. The Kier molecular flexibility index (Phi) is 5.30. The summed E-state index contributed by atoms with van der Waals surface area (Å²) in [5, 5.41) is 11.0. The van der Waals surface area contributed by atoms with E-state index >= 15 is 0 Å². The Morgan fingerprint density at radius 2 is 1.69 bits per heavy atom. The van der Waals surface area contributed by atoms with E-state index in [1.54, 1.807) is 0 Å². The van der Waals surface area contributed by atoms with Gasteiger partial charge in [0.1, 0.15) is 0 Å². The van der Waals surface area contributed by atoms with E-state index in [1.807, 2.05) is 0 Å². The van der Waals surface area contributed by atoms with Gasteiger partial charge in [0.15, 0.2) is 0 Å². The Balaban J connectivity index is 2.69. The van der Waals surface area contributed by atoms with Gasteiger partial charge in [-0.25, -0.2) is 0 Å². The minimum absolute atomic E-state index is 0.393. The van der Waals surface area contributed by atoms with Crippen LogP contribution in [-0.2, 0) is 0 Å². The number of rotatable bonds is 5. The quantitative estimate of drug-likeness (QED) is 0.737. The van der Waals surface area contributed by atoms with Crippen molar-refractivity contribution < 1.29 is 5.11 Å². The van der Waals surface area contributed by atoms with Crippen molar-refractivity contribution in [2.75, 3.05) is 0 Å². The molecule has 0 amide bonds. The van der Waals surface area contributed by atoms with Crippen LogP contribution in [0.2, 0.25) is 0 Å². The van der Waals surface area contributed by atoms with Crippen molar-refractivity contribution in [2.24, 2.45) is 17.8 Å². The number of hydrogen-bond donors (Lipinski definition) is 1. The van der Waals surface area contributed by atoms with E-state index in [4.69, 9.17) is 0 Å². The summed E-state index contributed by atoms with van der Waals surface area (Å²) in [6, 6.07) is 0. The zero-order chi connectivity index (χ0) is 12.2. The third kappa shape index (κ3) is 3.23. The van der Waals surface area contributed by atoms with Crippen LogP contribution in [0.3, 0.4) is 0 Å². The van der Waals surface area contributed by atoms with Gasteiger partial charge >= 0.3 is 0 Å². The average Bonchev–Trinajstić information content (AvgIpc) is 2.29. The second kappa shape index (κ2) is 6.05. The van der Waals surface area contributed by atoms with Gasteiger partial charge in [-0.15, -0.1) is 0 Å². The fourth-order valence-electron chi connectivity index (χ4n) is 3.18. The smallest absolute Gasteiger partial charge is 0.0701 e. The van der Waals surface area contributed by atoms with Gasteiger partial charge in [-0.05, 0) is 37.0 Å². The maximum atomic E-state index is 11.0. The molecule has 1 fully saturated rings. The van der Waals surface area contributed by atoms with Gasteiger partial charge in [0, 0.05) is 0 Å². The third-order valence-electron chi connectivity index (χ3n) is 4.68. The van der Waals surface area contributed by atoms with E-state index in [-0.39, 0.29) is 0 Å². The maximum absolute atomic E-state index is 11.0. The average molecular weight is 226 g/mol. The first-order valence-electron chi connectivity index (χ1n) is 7.23. The molecule has 0 radical (unpaired) electrons. The van der Waals surface area contributed by atoms with Gasteiger partial charge in [0.05, 0.1) is 5.60 Å². The SMILES string of the molecule is CCC(C)CC(O)(C(C)C)C1CCCCC1. The molecule has 96 valence electrons. The topological polar surface area (TPSA) is 20.2 Å². The molecule has 0 saturated heterocycles. The Bertz CT molecular complexity index is 194. The Morgan fingerprint density at radius 1 is 1.12 bits per heavy atom. The third-order valence-corrected chi connectivity index (χ3v) is 4.68. The van der Waals surface area contributed by atoms with Gasteiger partial charge in [0.25, 0.3) is 0 Å². The summed E-state index contributed by atoms with van der Waals surface area (Å²) >= 11 is 0. The van der Waals surface area contributed by atoms with Gasteiger partial charge in [-0.3, -0.25) is 0 Å². The van der Waals surface area contributed by atoms with Crippen LogP contribution in [0.5, 0.6) is 0 Å². The fourth-order valence-corrected chi connectivity index (χ4v) is 3.18. The van der Waals surface area contributed by atoms with Gasteiger partial charge in [0.2, 0.25) is 0 Å². The Labute approximate surface area is 102 Å².